The van der Waals surface area contributed by atoms with Crippen molar-refractivity contribution in [2.75, 3.05) is 0 Å². The van der Waals surface area contributed by atoms with Crippen molar-refractivity contribution in [3.05, 3.63) is 0 Å². The summed E-state index contributed by atoms with van der Waals surface area (Å²) in [5, 5.41) is 10.1. The monoisotopic (exact) mass is 198 g/mol. The molecule has 0 aromatic rings. The highest BCUT2D eigenvalue weighted by atomic mass is 16.3. The van der Waals surface area contributed by atoms with Crippen LogP contribution in [0, 0.1) is 5.92 Å². The Kier molecular flexibility index (Phi) is 4.11. The third kappa shape index (κ3) is 2.81. The summed E-state index contributed by atoms with van der Waals surface area (Å²) >= 11 is 0. The van der Waals surface area contributed by atoms with Crippen LogP contribution in [0.5, 0.6) is 0 Å². The Bertz CT molecular complexity index is 192. The van der Waals surface area contributed by atoms with Crippen LogP contribution in [0.3, 0.4) is 0 Å². The molecule has 0 spiro atoms. The van der Waals surface area contributed by atoms with Gasteiger partial charge in [0.1, 0.15) is 5.60 Å². The van der Waals surface area contributed by atoms with E-state index in [1.54, 1.807) is 0 Å². The van der Waals surface area contributed by atoms with Gasteiger partial charge in [0.05, 0.1) is 0 Å². The molecule has 1 rings (SSSR count). The molecule has 1 fully saturated rings. The van der Waals surface area contributed by atoms with Crippen molar-refractivity contribution < 1.29 is 9.90 Å². The number of ketones is 1. The highest BCUT2D eigenvalue weighted by Gasteiger charge is 2.36. The van der Waals surface area contributed by atoms with Gasteiger partial charge >= 0.3 is 0 Å². The summed E-state index contributed by atoms with van der Waals surface area (Å²) in [7, 11) is 0. The minimum Gasteiger partial charge on any atom is -0.382 e. The SMILES string of the molecule is CCC(C)CC(=O)C1(O)CCCCC1. The average molecular weight is 198 g/mol. The Balaban J connectivity index is 2.49. The van der Waals surface area contributed by atoms with E-state index in [9.17, 15) is 9.90 Å². The van der Waals surface area contributed by atoms with E-state index in [1.165, 1.54) is 6.42 Å². The van der Waals surface area contributed by atoms with E-state index in [0.29, 0.717) is 25.2 Å². The second-order valence-electron chi connectivity index (χ2n) is 4.73. The minimum absolute atomic E-state index is 0.0755. The molecule has 14 heavy (non-hydrogen) atoms. The Morgan fingerprint density at radius 3 is 2.43 bits per heavy atom. The summed E-state index contributed by atoms with van der Waals surface area (Å²) < 4.78 is 0. The molecule has 0 radical (unpaired) electrons. The maximum atomic E-state index is 11.8. The van der Waals surface area contributed by atoms with Crippen LogP contribution < -0.4 is 0 Å². The quantitative estimate of drug-likeness (QED) is 0.754. The zero-order valence-electron chi connectivity index (χ0n) is 9.38. The Morgan fingerprint density at radius 2 is 1.93 bits per heavy atom. The first-order chi connectivity index (χ1) is 6.58. The smallest absolute Gasteiger partial charge is 0.164 e. The summed E-state index contributed by atoms with van der Waals surface area (Å²) in [6.45, 7) is 4.16. The molecule has 1 aliphatic carbocycles. The van der Waals surface area contributed by atoms with Crippen LogP contribution in [0.25, 0.3) is 0 Å². The van der Waals surface area contributed by atoms with Crippen molar-refractivity contribution in [1.82, 2.24) is 0 Å². The number of aliphatic hydroxyl groups is 1. The molecule has 1 atom stereocenters. The van der Waals surface area contributed by atoms with Gasteiger partial charge in [-0.2, -0.15) is 0 Å². The van der Waals surface area contributed by atoms with Gasteiger partial charge in [-0.3, -0.25) is 4.79 Å². The van der Waals surface area contributed by atoms with Gasteiger partial charge in [-0.25, -0.2) is 0 Å². The van der Waals surface area contributed by atoms with Crippen LogP contribution in [0.1, 0.15) is 58.8 Å². The number of hydrogen-bond acceptors (Lipinski definition) is 2. The largest absolute Gasteiger partial charge is 0.382 e. The molecule has 0 aromatic carbocycles. The summed E-state index contributed by atoms with van der Waals surface area (Å²) in [6, 6.07) is 0. The lowest BCUT2D eigenvalue weighted by Gasteiger charge is -2.31. The summed E-state index contributed by atoms with van der Waals surface area (Å²) in [5.41, 5.74) is -0.971. The van der Waals surface area contributed by atoms with Gasteiger partial charge in [-0.1, -0.05) is 39.5 Å². The molecule has 0 aromatic heterocycles. The highest BCUT2D eigenvalue weighted by molar-refractivity contribution is 5.87. The lowest BCUT2D eigenvalue weighted by atomic mass is 9.79. The summed E-state index contributed by atoms with van der Waals surface area (Å²) in [4.78, 5) is 11.8. The van der Waals surface area contributed by atoms with Crippen molar-refractivity contribution in [2.24, 2.45) is 5.92 Å². The van der Waals surface area contributed by atoms with Crippen molar-refractivity contribution in [2.45, 2.75) is 64.4 Å². The van der Waals surface area contributed by atoms with E-state index in [0.717, 1.165) is 19.3 Å². The Morgan fingerprint density at radius 1 is 1.36 bits per heavy atom. The Hall–Kier alpha value is -0.370. The topological polar surface area (TPSA) is 37.3 Å². The second kappa shape index (κ2) is 4.92. The van der Waals surface area contributed by atoms with Gasteiger partial charge in [-0.05, 0) is 18.8 Å². The molecule has 2 nitrogen and oxygen atoms in total. The van der Waals surface area contributed by atoms with Crippen LogP contribution in [0.4, 0.5) is 0 Å². The van der Waals surface area contributed by atoms with E-state index in [2.05, 4.69) is 13.8 Å². The molecule has 1 N–H and O–H groups in total. The number of Topliss-reactive ketones (excluding diaryl/α,β-unsaturated/α-hetero) is 1. The number of rotatable bonds is 4. The first kappa shape index (κ1) is 11.7. The highest BCUT2D eigenvalue weighted by Crippen LogP contribution is 2.30. The number of carbonyl (C=O) groups is 1. The van der Waals surface area contributed by atoms with E-state index in [4.69, 9.17) is 0 Å². The maximum Gasteiger partial charge on any atom is 0.164 e. The normalized spacial score (nSPS) is 23.1. The van der Waals surface area contributed by atoms with Gasteiger partial charge in [0, 0.05) is 6.42 Å². The molecular formula is C12H22O2. The predicted molar refractivity (Wildman–Crippen MR) is 57.1 cm³/mol. The van der Waals surface area contributed by atoms with E-state index in [-0.39, 0.29) is 5.78 Å². The summed E-state index contributed by atoms with van der Waals surface area (Å²) in [5.74, 6) is 0.486. The molecule has 0 bridgehead atoms. The Labute approximate surface area is 86.7 Å². The van der Waals surface area contributed by atoms with Gasteiger partial charge < -0.3 is 5.11 Å². The third-order valence-corrected chi connectivity index (χ3v) is 3.43. The third-order valence-electron chi connectivity index (χ3n) is 3.43. The van der Waals surface area contributed by atoms with Crippen molar-refractivity contribution in [3.63, 3.8) is 0 Å². The number of hydrogen-bond donors (Lipinski definition) is 1. The van der Waals surface area contributed by atoms with Crippen LogP contribution in [0.15, 0.2) is 0 Å². The number of carbonyl (C=O) groups excluding carboxylic acids is 1. The average Bonchev–Trinajstić information content (AvgIpc) is 2.18. The molecule has 0 heterocycles. The van der Waals surface area contributed by atoms with Gasteiger partial charge in [0.15, 0.2) is 5.78 Å². The molecule has 0 aliphatic heterocycles. The van der Waals surface area contributed by atoms with Crippen LogP contribution >= 0.6 is 0 Å². The van der Waals surface area contributed by atoms with Crippen LogP contribution in [-0.2, 0) is 4.79 Å². The first-order valence-electron chi connectivity index (χ1n) is 5.84. The molecular weight excluding hydrogens is 176 g/mol. The van der Waals surface area contributed by atoms with Crippen LogP contribution in [-0.4, -0.2) is 16.5 Å². The molecule has 1 aliphatic rings. The van der Waals surface area contributed by atoms with Gasteiger partial charge in [-0.15, -0.1) is 0 Å². The standard InChI is InChI=1S/C12H22O2/c1-3-10(2)9-11(13)12(14)7-5-4-6-8-12/h10,14H,3-9H2,1-2H3. The molecule has 82 valence electrons. The first-order valence-corrected chi connectivity index (χ1v) is 5.84. The fourth-order valence-electron chi connectivity index (χ4n) is 2.07. The van der Waals surface area contributed by atoms with Crippen molar-refractivity contribution in [1.29, 1.82) is 0 Å². The summed E-state index contributed by atoms with van der Waals surface area (Å²) in [6.07, 6.45) is 6.10. The van der Waals surface area contributed by atoms with E-state index >= 15 is 0 Å². The van der Waals surface area contributed by atoms with Gasteiger partial charge in [0.25, 0.3) is 0 Å². The molecule has 1 unspecified atom stereocenters. The zero-order chi connectivity index (χ0) is 10.6. The molecule has 0 saturated heterocycles. The van der Waals surface area contributed by atoms with E-state index < -0.39 is 5.60 Å². The fraction of sp³-hybridized carbons (Fsp3) is 0.917. The predicted octanol–water partition coefficient (Wildman–Crippen LogP) is 2.69. The van der Waals surface area contributed by atoms with Crippen LogP contribution in [0.2, 0.25) is 0 Å². The van der Waals surface area contributed by atoms with Gasteiger partial charge in [0.2, 0.25) is 0 Å². The van der Waals surface area contributed by atoms with E-state index in [1.807, 2.05) is 0 Å². The van der Waals surface area contributed by atoms with Crippen molar-refractivity contribution >= 4 is 5.78 Å². The van der Waals surface area contributed by atoms with Crippen molar-refractivity contribution in [3.8, 4) is 0 Å². The maximum absolute atomic E-state index is 11.8. The minimum atomic E-state index is -0.971. The fourth-order valence-corrected chi connectivity index (χ4v) is 2.07. The lowest BCUT2D eigenvalue weighted by molar-refractivity contribution is -0.141. The lowest BCUT2D eigenvalue weighted by Crippen LogP contribution is -2.41. The second-order valence-corrected chi connectivity index (χ2v) is 4.73. The molecule has 1 saturated carbocycles. The molecule has 0 amide bonds. The molecule has 2 heteroatoms. The zero-order valence-corrected chi connectivity index (χ0v) is 9.38.